The summed E-state index contributed by atoms with van der Waals surface area (Å²) < 4.78 is 13.0. The number of nitrogens with zero attached hydrogens (tertiary/aromatic N) is 3. The fraction of sp³-hybridized carbons (Fsp3) is 0.200. The predicted octanol–water partition coefficient (Wildman–Crippen LogP) is 3.68. The van der Waals surface area contributed by atoms with Gasteiger partial charge in [-0.25, -0.2) is 4.98 Å². The monoisotopic (exact) mass is 427 g/mol. The smallest absolute Gasteiger partial charge is 0.231 e. The summed E-state index contributed by atoms with van der Waals surface area (Å²) in [5, 5.41) is 6.70. The van der Waals surface area contributed by atoms with E-state index in [2.05, 4.69) is 55.5 Å². The summed E-state index contributed by atoms with van der Waals surface area (Å²) in [6.45, 7) is 2.42. The molecule has 5 rings (SSSR count). The molecular weight excluding hydrogens is 402 g/mol. The van der Waals surface area contributed by atoms with Crippen LogP contribution in [0.3, 0.4) is 0 Å². The van der Waals surface area contributed by atoms with Crippen LogP contribution < -0.4 is 20.1 Å². The Hall–Kier alpha value is -4.00. The van der Waals surface area contributed by atoms with Gasteiger partial charge < -0.3 is 24.7 Å². The molecule has 0 fully saturated rings. The Labute approximate surface area is 186 Å². The molecule has 0 amide bonds. The first-order valence-corrected chi connectivity index (χ1v) is 10.6. The predicted molar refractivity (Wildman–Crippen MR) is 125 cm³/mol. The Morgan fingerprint density at radius 3 is 2.47 bits per heavy atom. The van der Waals surface area contributed by atoms with Gasteiger partial charge in [0.25, 0.3) is 0 Å². The van der Waals surface area contributed by atoms with E-state index in [1.807, 2.05) is 42.7 Å². The van der Waals surface area contributed by atoms with E-state index in [1.165, 1.54) is 11.1 Å². The molecule has 1 aliphatic rings. The third kappa shape index (κ3) is 4.37. The molecule has 0 atom stereocenters. The highest BCUT2D eigenvalue weighted by atomic mass is 16.7. The number of hydrogen-bond acceptors (Lipinski definition) is 4. The van der Waals surface area contributed by atoms with Gasteiger partial charge in [0.15, 0.2) is 17.5 Å². The highest BCUT2D eigenvalue weighted by Gasteiger charge is 2.13. The van der Waals surface area contributed by atoms with Crippen molar-refractivity contribution in [1.82, 2.24) is 20.2 Å². The summed E-state index contributed by atoms with van der Waals surface area (Å²) in [6.07, 6.45) is 1.90. The molecule has 0 radical (unpaired) electrons. The molecule has 0 saturated heterocycles. The molecule has 2 N–H and O–H groups in total. The fourth-order valence-electron chi connectivity index (χ4n) is 3.74. The Balaban J connectivity index is 1.14. The van der Waals surface area contributed by atoms with E-state index in [0.29, 0.717) is 13.1 Å². The van der Waals surface area contributed by atoms with Crippen molar-refractivity contribution < 1.29 is 9.47 Å². The molecule has 0 bridgehead atoms. The standard InChI is InChI=1S/C25H25N5O2/c1-26-25(28-14-20-10-11-23-24(12-20)32-17-31-23)27-13-18-6-8-19(9-7-18)15-30-16-29-21-4-2-3-5-22(21)30/h2-12,16H,13-15,17H2,1H3,(H2,26,27,28). The van der Waals surface area contributed by atoms with Gasteiger partial charge in [-0.15, -0.1) is 0 Å². The molecule has 2 heterocycles. The maximum Gasteiger partial charge on any atom is 0.231 e. The van der Waals surface area contributed by atoms with E-state index >= 15 is 0 Å². The largest absolute Gasteiger partial charge is 0.454 e. The van der Waals surface area contributed by atoms with Crippen molar-refractivity contribution in [2.24, 2.45) is 4.99 Å². The summed E-state index contributed by atoms with van der Waals surface area (Å²) in [4.78, 5) is 8.78. The quantitative estimate of drug-likeness (QED) is 0.363. The van der Waals surface area contributed by atoms with Gasteiger partial charge >= 0.3 is 0 Å². The van der Waals surface area contributed by atoms with Crippen LogP contribution in [0.5, 0.6) is 11.5 Å². The first-order valence-electron chi connectivity index (χ1n) is 10.6. The summed E-state index contributed by atoms with van der Waals surface area (Å²) in [5.41, 5.74) is 5.70. The number of fused-ring (bicyclic) bond motifs is 2. The van der Waals surface area contributed by atoms with Crippen LogP contribution in [0.2, 0.25) is 0 Å². The Bertz CT molecular complexity index is 1250. The third-order valence-electron chi connectivity index (χ3n) is 5.48. The molecule has 162 valence electrons. The lowest BCUT2D eigenvalue weighted by atomic mass is 10.1. The van der Waals surface area contributed by atoms with Gasteiger partial charge in [0.1, 0.15) is 0 Å². The maximum atomic E-state index is 5.44. The van der Waals surface area contributed by atoms with Gasteiger partial charge in [-0.1, -0.05) is 42.5 Å². The number of guanidine groups is 1. The highest BCUT2D eigenvalue weighted by Crippen LogP contribution is 2.32. The lowest BCUT2D eigenvalue weighted by Gasteiger charge is -2.13. The minimum Gasteiger partial charge on any atom is -0.454 e. The van der Waals surface area contributed by atoms with Crippen LogP contribution in [0.25, 0.3) is 11.0 Å². The van der Waals surface area contributed by atoms with Gasteiger partial charge in [-0.2, -0.15) is 0 Å². The molecule has 1 aliphatic heterocycles. The van der Waals surface area contributed by atoms with Crippen molar-refractivity contribution in [2.75, 3.05) is 13.8 Å². The molecule has 4 aromatic rings. The zero-order valence-corrected chi connectivity index (χ0v) is 17.9. The van der Waals surface area contributed by atoms with Crippen molar-refractivity contribution in [3.63, 3.8) is 0 Å². The summed E-state index contributed by atoms with van der Waals surface area (Å²) in [7, 11) is 1.77. The van der Waals surface area contributed by atoms with Crippen molar-refractivity contribution in [1.29, 1.82) is 0 Å². The molecule has 7 nitrogen and oxygen atoms in total. The second-order valence-corrected chi connectivity index (χ2v) is 7.64. The van der Waals surface area contributed by atoms with Gasteiger partial charge in [-0.05, 0) is 41.0 Å². The maximum absolute atomic E-state index is 5.44. The van der Waals surface area contributed by atoms with E-state index in [-0.39, 0.29) is 6.79 Å². The zero-order chi connectivity index (χ0) is 21.8. The number of ether oxygens (including phenoxy) is 2. The van der Waals surface area contributed by atoms with Crippen LogP contribution in [0, 0.1) is 0 Å². The van der Waals surface area contributed by atoms with E-state index in [4.69, 9.17) is 9.47 Å². The average molecular weight is 428 g/mol. The molecule has 0 aliphatic carbocycles. The molecule has 0 saturated carbocycles. The van der Waals surface area contributed by atoms with Gasteiger partial charge in [0, 0.05) is 26.7 Å². The minimum atomic E-state index is 0.285. The Morgan fingerprint density at radius 2 is 1.62 bits per heavy atom. The molecule has 0 spiro atoms. The first-order chi connectivity index (χ1) is 15.8. The van der Waals surface area contributed by atoms with Crippen molar-refractivity contribution in [2.45, 2.75) is 19.6 Å². The van der Waals surface area contributed by atoms with Gasteiger partial charge in [0.05, 0.1) is 17.4 Å². The number of aliphatic imine (C=N–C) groups is 1. The van der Waals surface area contributed by atoms with E-state index in [9.17, 15) is 0 Å². The number of hydrogen-bond donors (Lipinski definition) is 2. The number of imidazole rings is 1. The normalized spacial score (nSPS) is 12.8. The lowest BCUT2D eigenvalue weighted by molar-refractivity contribution is 0.174. The number of rotatable bonds is 6. The number of benzene rings is 3. The van der Waals surface area contributed by atoms with Crippen LogP contribution >= 0.6 is 0 Å². The number of aromatic nitrogens is 2. The molecule has 0 unspecified atom stereocenters. The summed E-state index contributed by atoms with van der Waals surface area (Å²) in [5.74, 6) is 2.33. The van der Waals surface area contributed by atoms with Crippen LogP contribution in [0.15, 0.2) is 78.0 Å². The summed E-state index contributed by atoms with van der Waals surface area (Å²) in [6, 6.07) is 22.8. The van der Waals surface area contributed by atoms with Crippen molar-refractivity contribution in [3.05, 3.63) is 89.7 Å². The second kappa shape index (κ2) is 9.01. The molecule has 7 heteroatoms. The van der Waals surface area contributed by atoms with Gasteiger partial charge in [0.2, 0.25) is 6.79 Å². The average Bonchev–Trinajstić information content (AvgIpc) is 3.47. The third-order valence-corrected chi connectivity index (χ3v) is 5.48. The van der Waals surface area contributed by atoms with E-state index in [0.717, 1.165) is 40.6 Å². The van der Waals surface area contributed by atoms with Gasteiger partial charge in [-0.3, -0.25) is 4.99 Å². The lowest BCUT2D eigenvalue weighted by Crippen LogP contribution is -2.36. The minimum absolute atomic E-state index is 0.285. The van der Waals surface area contributed by atoms with Crippen LogP contribution in [0.4, 0.5) is 0 Å². The molecule has 32 heavy (non-hydrogen) atoms. The van der Waals surface area contributed by atoms with Crippen LogP contribution in [-0.2, 0) is 19.6 Å². The molecular formula is C25H25N5O2. The van der Waals surface area contributed by atoms with Crippen LogP contribution in [0.1, 0.15) is 16.7 Å². The fourth-order valence-corrected chi connectivity index (χ4v) is 3.74. The van der Waals surface area contributed by atoms with Crippen molar-refractivity contribution >= 4 is 17.0 Å². The van der Waals surface area contributed by atoms with Crippen molar-refractivity contribution in [3.8, 4) is 11.5 Å². The summed E-state index contributed by atoms with van der Waals surface area (Å²) >= 11 is 0. The Morgan fingerprint density at radius 1 is 0.906 bits per heavy atom. The molecule has 3 aromatic carbocycles. The second-order valence-electron chi connectivity index (χ2n) is 7.64. The number of nitrogens with one attached hydrogen (secondary N) is 2. The number of para-hydroxylation sites is 2. The van der Waals surface area contributed by atoms with E-state index in [1.54, 1.807) is 7.05 Å². The highest BCUT2D eigenvalue weighted by molar-refractivity contribution is 5.79. The molecule has 1 aromatic heterocycles. The topological polar surface area (TPSA) is 72.7 Å². The Kier molecular flexibility index (Phi) is 5.61. The zero-order valence-electron chi connectivity index (χ0n) is 17.9. The van der Waals surface area contributed by atoms with E-state index < -0.39 is 0 Å². The van der Waals surface area contributed by atoms with Crippen LogP contribution in [-0.4, -0.2) is 29.4 Å². The SMILES string of the molecule is CN=C(NCc1ccc(Cn2cnc3ccccc32)cc1)NCc1ccc2c(c1)OCO2. The first kappa shape index (κ1) is 19.9.